The molecule has 0 aliphatic carbocycles. The van der Waals surface area contributed by atoms with Crippen LogP contribution in [0.15, 0.2) is 0 Å². The third-order valence-electron chi connectivity index (χ3n) is 2.19. The highest BCUT2D eigenvalue weighted by atomic mass is 32.1. The number of nitrogens with zero attached hydrogens (tertiary/aromatic N) is 1. The lowest BCUT2D eigenvalue weighted by atomic mass is 10.2. The molecule has 2 rings (SSSR count). The minimum absolute atomic E-state index is 0.330. The average molecular weight is 212 g/mol. The number of ether oxygens (including phenoxy) is 1. The van der Waals surface area contributed by atoms with Crippen molar-refractivity contribution in [3.63, 3.8) is 0 Å². The van der Waals surface area contributed by atoms with Gasteiger partial charge in [-0.1, -0.05) is 0 Å². The molecule has 1 N–H and O–H groups in total. The normalized spacial score (nSPS) is 15.8. The number of rotatable bonds is 1. The van der Waals surface area contributed by atoms with Crippen LogP contribution in [0.5, 0.6) is 0 Å². The summed E-state index contributed by atoms with van der Waals surface area (Å²) in [6.45, 7) is 1.85. The number of aryl methyl sites for hydroxylation is 1. The number of hydrogen-bond donors (Lipinski definition) is 1. The Labute approximate surface area is 86.3 Å². The van der Waals surface area contributed by atoms with E-state index in [1.807, 2.05) is 0 Å². The Morgan fingerprint density at radius 2 is 2.50 bits per heavy atom. The molecule has 1 aromatic heterocycles. The molecular weight excluding hydrogens is 200 g/mol. The lowest BCUT2D eigenvalue weighted by Crippen LogP contribution is -2.11. The molecule has 0 unspecified atom stereocenters. The topological polar surface area (TPSA) is 51.2 Å². The first kappa shape index (κ1) is 9.61. The van der Waals surface area contributed by atoms with Crippen molar-refractivity contribution < 1.29 is 9.53 Å². The fraction of sp³-hybridized carbons (Fsp3) is 0.556. The summed E-state index contributed by atoms with van der Waals surface area (Å²) in [6.07, 6.45) is 2.03. The summed E-state index contributed by atoms with van der Waals surface area (Å²) in [5, 5.41) is 3.77. The van der Waals surface area contributed by atoms with E-state index in [1.54, 1.807) is 0 Å². The molecule has 14 heavy (non-hydrogen) atoms. The van der Waals surface area contributed by atoms with Gasteiger partial charge in [-0.15, -0.1) is 11.3 Å². The van der Waals surface area contributed by atoms with E-state index in [1.165, 1.54) is 23.3 Å². The predicted octanol–water partition coefficient (Wildman–Crippen LogP) is 0.966. The Bertz CT molecular complexity index is 325. The number of nitrogens with one attached hydrogen (secondary N) is 1. The van der Waals surface area contributed by atoms with Gasteiger partial charge < -0.3 is 10.1 Å². The van der Waals surface area contributed by atoms with Gasteiger partial charge in [0.15, 0.2) is 0 Å². The Hall–Kier alpha value is -0.940. The maximum absolute atomic E-state index is 11.2. The largest absolute Gasteiger partial charge is 0.464 e. The van der Waals surface area contributed by atoms with Crippen LogP contribution in [0, 0.1) is 0 Å². The number of hydrogen-bond acceptors (Lipinski definition) is 5. The summed E-state index contributed by atoms with van der Waals surface area (Å²) in [4.78, 5) is 16.7. The van der Waals surface area contributed by atoms with Crippen molar-refractivity contribution in [2.24, 2.45) is 0 Å². The summed E-state index contributed by atoms with van der Waals surface area (Å²) in [5.74, 6) is -0.330. The van der Waals surface area contributed by atoms with Gasteiger partial charge >= 0.3 is 5.97 Å². The second-order valence-electron chi connectivity index (χ2n) is 3.16. The molecule has 1 aliphatic rings. The van der Waals surface area contributed by atoms with Gasteiger partial charge in [0.05, 0.1) is 12.8 Å². The van der Waals surface area contributed by atoms with Gasteiger partial charge in [-0.05, 0) is 19.4 Å². The Morgan fingerprint density at radius 3 is 3.29 bits per heavy atom. The molecule has 76 valence electrons. The molecule has 0 amide bonds. The van der Waals surface area contributed by atoms with Crippen LogP contribution in [0.25, 0.3) is 0 Å². The molecule has 1 aromatic rings. The third-order valence-corrected chi connectivity index (χ3v) is 3.27. The van der Waals surface area contributed by atoms with E-state index in [0.29, 0.717) is 5.01 Å². The molecule has 0 saturated heterocycles. The first-order valence-electron chi connectivity index (χ1n) is 4.59. The molecule has 0 bridgehead atoms. The first-order chi connectivity index (χ1) is 6.81. The summed E-state index contributed by atoms with van der Waals surface area (Å²) >= 11 is 1.43. The van der Waals surface area contributed by atoms with Crippen LogP contribution in [-0.4, -0.2) is 24.6 Å². The molecule has 0 saturated carbocycles. The predicted molar refractivity (Wildman–Crippen MR) is 53.5 cm³/mol. The van der Waals surface area contributed by atoms with Gasteiger partial charge in [0.1, 0.15) is 0 Å². The summed E-state index contributed by atoms with van der Waals surface area (Å²) in [7, 11) is 1.38. The van der Waals surface area contributed by atoms with E-state index in [9.17, 15) is 4.79 Å². The van der Waals surface area contributed by atoms with Crippen molar-refractivity contribution >= 4 is 17.3 Å². The number of carbonyl (C=O) groups is 1. The van der Waals surface area contributed by atoms with E-state index in [2.05, 4.69) is 15.0 Å². The first-order valence-corrected chi connectivity index (χ1v) is 5.40. The van der Waals surface area contributed by atoms with Crippen LogP contribution in [-0.2, 0) is 17.7 Å². The third kappa shape index (κ3) is 1.78. The summed E-state index contributed by atoms with van der Waals surface area (Å²) < 4.78 is 4.63. The molecule has 0 fully saturated rings. The number of esters is 1. The zero-order valence-electron chi connectivity index (χ0n) is 8.00. The number of aromatic nitrogens is 1. The van der Waals surface area contributed by atoms with Gasteiger partial charge in [0.25, 0.3) is 0 Å². The zero-order valence-corrected chi connectivity index (χ0v) is 8.82. The Morgan fingerprint density at radius 1 is 1.64 bits per heavy atom. The quantitative estimate of drug-likeness (QED) is 0.705. The lowest BCUT2D eigenvalue weighted by molar-refractivity contribution is 0.0600. The van der Waals surface area contributed by atoms with Crippen molar-refractivity contribution in [1.82, 2.24) is 10.3 Å². The zero-order chi connectivity index (χ0) is 9.97. The molecule has 0 atom stereocenters. The van der Waals surface area contributed by atoms with E-state index >= 15 is 0 Å². The maximum Gasteiger partial charge on any atom is 0.367 e. The minimum atomic E-state index is -0.330. The van der Waals surface area contributed by atoms with Gasteiger partial charge in [-0.25, -0.2) is 9.78 Å². The van der Waals surface area contributed by atoms with E-state index < -0.39 is 0 Å². The molecule has 1 aliphatic heterocycles. The standard InChI is InChI=1S/C9H12N2O2S/c1-13-9(12)8-11-6-3-2-4-10-5-7(6)14-8/h10H,2-5H2,1H3. The molecule has 2 heterocycles. The minimum Gasteiger partial charge on any atom is -0.464 e. The summed E-state index contributed by atoms with van der Waals surface area (Å²) in [6, 6.07) is 0. The Kier molecular flexibility index (Phi) is 2.79. The number of thiazole rings is 1. The van der Waals surface area contributed by atoms with Crippen molar-refractivity contribution in [2.45, 2.75) is 19.4 Å². The smallest absolute Gasteiger partial charge is 0.367 e. The van der Waals surface area contributed by atoms with Crippen LogP contribution in [0.1, 0.15) is 26.8 Å². The SMILES string of the molecule is COC(=O)c1nc2c(s1)CNCCC2. The molecule has 4 nitrogen and oxygen atoms in total. The van der Waals surface area contributed by atoms with Crippen LogP contribution in [0.2, 0.25) is 0 Å². The molecule has 0 aromatic carbocycles. The molecule has 0 radical (unpaired) electrons. The second kappa shape index (κ2) is 4.06. The van der Waals surface area contributed by atoms with Gasteiger partial charge in [0, 0.05) is 11.4 Å². The van der Waals surface area contributed by atoms with E-state index in [-0.39, 0.29) is 5.97 Å². The van der Waals surface area contributed by atoms with E-state index in [0.717, 1.165) is 31.6 Å². The number of methoxy groups -OCH3 is 1. The lowest BCUT2D eigenvalue weighted by Gasteiger charge is -1.95. The molecule has 0 spiro atoms. The maximum atomic E-state index is 11.2. The van der Waals surface area contributed by atoms with Gasteiger partial charge in [-0.3, -0.25) is 0 Å². The van der Waals surface area contributed by atoms with Crippen molar-refractivity contribution in [3.8, 4) is 0 Å². The van der Waals surface area contributed by atoms with Crippen LogP contribution in [0.4, 0.5) is 0 Å². The average Bonchev–Trinajstić information content (AvgIpc) is 2.49. The van der Waals surface area contributed by atoms with Gasteiger partial charge in [-0.2, -0.15) is 0 Å². The highest BCUT2D eigenvalue weighted by Crippen LogP contribution is 2.22. The highest BCUT2D eigenvalue weighted by molar-refractivity contribution is 7.13. The van der Waals surface area contributed by atoms with Crippen LogP contribution >= 0.6 is 11.3 Å². The van der Waals surface area contributed by atoms with Gasteiger partial charge in [0.2, 0.25) is 5.01 Å². The highest BCUT2D eigenvalue weighted by Gasteiger charge is 2.17. The van der Waals surface area contributed by atoms with Crippen LogP contribution < -0.4 is 5.32 Å². The van der Waals surface area contributed by atoms with Crippen molar-refractivity contribution in [2.75, 3.05) is 13.7 Å². The number of carbonyl (C=O) groups excluding carboxylic acids is 1. The number of fused-ring (bicyclic) bond motifs is 1. The fourth-order valence-corrected chi connectivity index (χ4v) is 2.47. The van der Waals surface area contributed by atoms with Crippen LogP contribution in [0.3, 0.4) is 0 Å². The Balaban J connectivity index is 2.26. The second-order valence-corrected chi connectivity index (χ2v) is 4.24. The fourth-order valence-electron chi connectivity index (χ4n) is 1.47. The van der Waals surface area contributed by atoms with Crippen molar-refractivity contribution in [1.29, 1.82) is 0 Å². The monoisotopic (exact) mass is 212 g/mol. The van der Waals surface area contributed by atoms with Crippen molar-refractivity contribution in [3.05, 3.63) is 15.6 Å². The van der Waals surface area contributed by atoms with E-state index in [4.69, 9.17) is 0 Å². The summed E-state index contributed by atoms with van der Waals surface area (Å²) in [5.41, 5.74) is 1.06. The molecule has 5 heteroatoms. The molecular formula is C9H12N2O2S.